The lowest BCUT2D eigenvalue weighted by atomic mass is 9.73. The molecular formula is C29H39N3O4. The number of fused-ring (bicyclic) bond motifs is 1. The molecule has 5 rings (SSSR count). The lowest BCUT2D eigenvalue weighted by Gasteiger charge is -2.39. The predicted octanol–water partition coefficient (Wildman–Crippen LogP) is 3.82. The number of carbonyl (C=O) groups excluding carboxylic acids is 3. The summed E-state index contributed by atoms with van der Waals surface area (Å²) in [5, 5.41) is 6.30. The number of hydrogen-bond donors (Lipinski definition) is 2. The first kappa shape index (κ1) is 25.0. The van der Waals surface area contributed by atoms with E-state index in [1.807, 2.05) is 57.2 Å². The molecule has 1 spiro atoms. The van der Waals surface area contributed by atoms with Crippen molar-refractivity contribution in [2.75, 3.05) is 5.32 Å². The van der Waals surface area contributed by atoms with Gasteiger partial charge < -0.3 is 20.3 Å². The van der Waals surface area contributed by atoms with Gasteiger partial charge in [-0.3, -0.25) is 14.4 Å². The van der Waals surface area contributed by atoms with E-state index in [9.17, 15) is 14.4 Å². The Hall–Kier alpha value is -2.67. The molecule has 3 heterocycles. The van der Waals surface area contributed by atoms with Crippen molar-refractivity contribution in [3.05, 3.63) is 42.0 Å². The van der Waals surface area contributed by atoms with E-state index in [0.29, 0.717) is 23.9 Å². The number of amides is 3. The summed E-state index contributed by atoms with van der Waals surface area (Å²) in [7, 11) is 0. The highest BCUT2D eigenvalue weighted by atomic mass is 16.5. The van der Waals surface area contributed by atoms with Crippen LogP contribution in [-0.2, 0) is 19.1 Å². The van der Waals surface area contributed by atoms with E-state index in [1.54, 1.807) is 4.90 Å². The second kappa shape index (κ2) is 9.33. The largest absolute Gasteiger partial charge is 0.359 e. The third-order valence-electron chi connectivity index (χ3n) is 9.25. The summed E-state index contributed by atoms with van der Waals surface area (Å²) in [5.74, 6) is -1.05. The van der Waals surface area contributed by atoms with Crippen LogP contribution in [0.4, 0.5) is 5.69 Å². The van der Waals surface area contributed by atoms with Gasteiger partial charge in [-0.2, -0.15) is 0 Å². The Labute approximate surface area is 214 Å². The van der Waals surface area contributed by atoms with Gasteiger partial charge in [-0.15, -0.1) is 0 Å². The van der Waals surface area contributed by atoms with Gasteiger partial charge in [0.1, 0.15) is 11.6 Å². The average Bonchev–Trinajstić information content (AvgIpc) is 3.49. The molecule has 9 atom stereocenters. The fourth-order valence-corrected chi connectivity index (χ4v) is 6.87. The van der Waals surface area contributed by atoms with Crippen molar-refractivity contribution in [2.24, 2.45) is 23.7 Å². The maximum absolute atomic E-state index is 14.0. The zero-order chi connectivity index (χ0) is 25.8. The predicted molar refractivity (Wildman–Crippen MR) is 138 cm³/mol. The number of rotatable bonds is 6. The molecule has 2 bridgehead atoms. The smallest absolute Gasteiger partial charge is 0.246 e. The lowest BCUT2D eigenvalue weighted by molar-refractivity contribution is -0.144. The van der Waals surface area contributed by atoms with Gasteiger partial charge >= 0.3 is 0 Å². The number of likely N-dealkylation sites (tertiary alicyclic amines) is 1. The van der Waals surface area contributed by atoms with Crippen molar-refractivity contribution in [2.45, 2.75) is 90.1 Å². The van der Waals surface area contributed by atoms with Gasteiger partial charge in [0, 0.05) is 17.8 Å². The first-order chi connectivity index (χ1) is 17.2. The van der Waals surface area contributed by atoms with Gasteiger partial charge in [-0.1, -0.05) is 57.9 Å². The third-order valence-corrected chi connectivity index (χ3v) is 9.25. The van der Waals surface area contributed by atoms with Gasteiger partial charge in [0.05, 0.1) is 17.9 Å². The summed E-state index contributed by atoms with van der Waals surface area (Å²) in [6.45, 7) is 10.4. The highest BCUT2D eigenvalue weighted by molar-refractivity contribution is 6.03. The van der Waals surface area contributed by atoms with Crippen LogP contribution in [0.3, 0.4) is 0 Å². The Morgan fingerprint density at radius 2 is 2.00 bits per heavy atom. The molecule has 3 aliphatic heterocycles. The molecule has 194 valence electrons. The van der Waals surface area contributed by atoms with Gasteiger partial charge in [-0.25, -0.2) is 0 Å². The van der Waals surface area contributed by atoms with Crippen molar-refractivity contribution in [1.82, 2.24) is 10.2 Å². The van der Waals surface area contributed by atoms with E-state index in [0.717, 1.165) is 18.4 Å². The monoisotopic (exact) mass is 493 g/mol. The Balaban J connectivity index is 1.45. The molecular weight excluding hydrogens is 454 g/mol. The SMILES string of the molecule is CC[C@H](C)N1C(=O)[C@H]2[C@H](C(=O)Nc3cccc(C)c3)[C@H]3C=C[C@@]2(O3)[C@@H]1C(=O)N[C@@H]1CCC[C@H](C)[C@@H]1C. The topological polar surface area (TPSA) is 87.7 Å². The van der Waals surface area contributed by atoms with E-state index in [1.165, 1.54) is 6.42 Å². The van der Waals surface area contributed by atoms with Crippen LogP contribution in [0.2, 0.25) is 0 Å². The van der Waals surface area contributed by atoms with E-state index in [-0.39, 0.29) is 29.8 Å². The molecule has 3 amide bonds. The summed E-state index contributed by atoms with van der Waals surface area (Å²) in [6, 6.07) is 6.75. The van der Waals surface area contributed by atoms with Crippen LogP contribution in [0.25, 0.3) is 0 Å². The van der Waals surface area contributed by atoms with Crippen molar-refractivity contribution >= 4 is 23.4 Å². The number of aryl methyl sites for hydroxylation is 1. The van der Waals surface area contributed by atoms with Crippen LogP contribution in [0.5, 0.6) is 0 Å². The van der Waals surface area contributed by atoms with Crippen LogP contribution >= 0.6 is 0 Å². The second-order valence-corrected chi connectivity index (χ2v) is 11.4. The number of nitrogens with zero attached hydrogens (tertiary/aromatic N) is 1. The van der Waals surface area contributed by atoms with Gasteiger partial charge in [-0.05, 0) is 56.2 Å². The van der Waals surface area contributed by atoms with Crippen molar-refractivity contribution in [3.63, 3.8) is 0 Å². The summed E-state index contributed by atoms with van der Waals surface area (Å²) in [4.78, 5) is 43.1. The number of carbonyl (C=O) groups is 3. The Bertz CT molecular complexity index is 1090. The number of hydrogen-bond acceptors (Lipinski definition) is 4. The van der Waals surface area contributed by atoms with Crippen molar-refractivity contribution in [1.29, 1.82) is 0 Å². The van der Waals surface area contributed by atoms with E-state index in [2.05, 4.69) is 24.5 Å². The van der Waals surface area contributed by atoms with Crippen LogP contribution < -0.4 is 10.6 Å². The van der Waals surface area contributed by atoms with Crippen molar-refractivity contribution in [3.8, 4) is 0 Å². The third kappa shape index (κ3) is 3.87. The molecule has 1 saturated carbocycles. The highest BCUT2D eigenvalue weighted by Crippen LogP contribution is 2.56. The first-order valence-corrected chi connectivity index (χ1v) is 13.5. The van der Waals surface area contributed by atoms with E-state index >= 15 is 0 Å². The maximum Gasteiger partial charge on any atom is 0.246 e. The fourth-order valence-electron chi connectivity index (χ4n) is 6.87. The van der Waals surface area contributed by atoms with E-state index < -0.39 is 29.6 Å². The zero-order valence-corrected chi connectivity index (χ0v) is 22.0. The molecule has 36 heavy (non-hydrogen) atoms. The standard InChI is InChI=1S/C29H39N3O4/c1-6-18(4)32-25(27(34)31-21-12-8-10-17(3)19(21)5)29-14-13-22(36-29)23(24(29)28(32)35)26(33)30-20-11-7-9-16(2)15-20/h7,9,11,13-15,17-19,21-25H,6,8,10,12H2,1-5H3,(H,30,33)(H,31,34)/t17-,18-,19-,21+,22+,23+,24+,25-,29-/m0/s1. The molecule has 0 aromatic heterocycles. The average molecular weight is 494 g/mol. The van der Waals surface area contributed by atoms with Gasteiger partial charge in [0.15, 0.2) is 0 Å². The summed E-state index contributed by atoms with van der Waals surface area (Å²) < 4.78 is 6.45. The van der Waals surface area contributed by atoms with E-state index in [4.69, 9.17) is 4.74 Å². The molecule has 4 aliphatic rings. The van der Waals surface area contributed by atoms with Gasteiger partial charge in [0.25, 0.3) is 0 Å². The quantitative estimate of drug-likeness (QED) is 0.590. The number of ether oxygens (including phenoxy) is 1. The molecule has 1 aliphatic carbocycles. The molecule has 7 nitrogen and oxygen atoms in total. The highest BCUT2D eigenvalue weighted by Gasteiger charge is 2.73. The molecule has 1 aromatic carbocycles. The molecule has 1 aromatic rings. The summed E-state index contributed by atoms with van der Waals surface area (Å²) in [6.07, 6.45) is 7.15. The fraction of sp³-hybridized carbons (Fsp3) is 0.621. The molecule has 2 N–H and O–H groups in total. The molecule has 3 fully saturated rings. The zero-order valence-electron chi connectivity index (χ0n) is 22.0. The Morgan fingerprint density at radius 1 is 1.22 bits per heavy atom. The second-order valence-electron chi connectivity index (χ2n) is 11.4. The minimum Gasteiger partial charge on any atom is -0.359 e. The Morgan fingerprint density at radius 3 is 2.72 bits per heavy atom. The summed E-state index contributed by atoms with van der Waals surface area (Å²) in [5.41, 5.74) is 0.615. The molecule has 7 heteroatoms. The minimum absolute atomic E-state index is 0.0774. The first-order valence-electron chi connectivity index (χ1n) is 13.5. The van der Waals surface area contributed by atoms with Crippen LogP contribution in [0, 0.1) is 30.6 Å². The van der Waals surface area contributed by atoms with Crippen LogP contribution in [0.15, 0.2) is 36.4 Å². The number of anilines is 1. The van der Waals surface area contributed by atoms with Crippen LogP contribution in [0.1, 0.15) is 58.9 Å². The maximum atomic E-state index is 14.0. The lowest BCUT2D eigenvalue weighted by Crippen LogP contribution is -2.59. The van der Waals surface area contributed by atoms with Gasteiger partial charge in [0.2, 0.25) is 17.7 Å². The number of benzene rings is 1. The summed E-state index contributed by atoms with van der Waals surface area (Å²) >= 11 is 0. The normalized spacial score (nSPS) is 37.6. The minimum atomic E-state index is -1.12. The molecule has 2 saturated heterocycles. The Kier molecular flexibility index (Phi) is 6.48. The van der Waals surface area contributed by atoms with Crippen molar-refractivity contribution < 1.29 is 19.1 Å². The van der Waals surface area contributed by atoms with Crippen LogP contribution in [-0.4, -0.2) is 52.5 Å². The molecule has 0 unspecified atom stereocenters. The molecule has 0 radical (unpaired) electrons. The number of nitrogens with one attached hydrogen (secondary N) is 2.